The molecule has 1 rings (SSSR count). The molecule has 0 saturated heterocycles. The number of hydrogen-bond acceptors (Lipinski definition) is 1. The first-order chi connectivity index (χ1) is 8.03. The second kappa shape index (κ2) is 4.62. The van der Waals surface area contributed by atoms with Crippen LogP contribution >= 0.6 is 0 Å². The van der Waals surface area contributed by atoms with Gasteiger partial charge in [-0.3, -0.25) is 4.79 Å². The molecule has 0 aliphatic carbocycles. The lowest BCUT2D eigenvalue weighted by molar-refractivity contribution is -0.253. The van der Waals surface area contributed by atoms with E-state index in [0.717, 1.165) is 12.1 Å². The van der Waals surface area contributed by atoms with Crippen LogP contribution in [0.3, 0.4) is 0 Å². The van der Waals surface area contributed by atoms with E-state index in [4.69, 9.17) is 0 Å². The minimum Gasteiger partial charge on any atom is -0.295 e. The number of carbonyl (C=O) groups is 1. The van der Waals surface area contributed by atoms with Gasteiger partial charge in [0.2, 0.25) is 0 Å². The number of Topliss-reactive ketones (excluding diaryl/α,β-unsaturated/α-hetero) is 1. The van der Waals surface area contributed by atoms with Gasteiger partial charge in [-0.15, -0.1) is 0 Å². The molecule has 0 aliphatic rings. The fourth-order valence-electron chi connectivity index (χ4n) is 1.47. The van der Waals surface area contributed by atoms with Crippen LogP contribution in [0.1, 0.15) is 28.8 Å². The standard InChI is InChI=1S/C11H8F6O/c1-6(18)7-2-4-8(5-3-7)9(10(12,13)14)11(15,16)17/h2-5,9H,1H3. The topological polar surface area (TPSA) is 17.1 Å². The van der Waals surface area contributed by atoms with Gasteiger partial charge in [0.25, 0.3) is 0 Å². The van der Waals surface area contributed by atoms with Crippen LogP contribution in [-0.4, -0.2) is 18.1 Å². The van der Waals surface area contributed by atoms with Gasteiger partial charge in [-0.05, 0) is 12.5 Å². The zero-order valence-electron chi connectivity index (χ0n) is 9.06. The van der Waals surface area contributed by atoms with Crippen molar-refractivity contribution in [1.29, 1.82) is 0 Å². The summed E-state index contributed by atoms with van der Waals surface area (Å²) < 4.78 is 74.2. The van der Waals surface area contributed by atoms with E-state index in [1.165, 1.54) is 6.92 Å². The minimum absolute atomic E-state index is 0.0573. The Bertz CT molecular complexity index is 414. The Morgan fingerprint density at radius 1 is 0.944 bits per heavy atom. The third-order valence-electron chi connectivity index (χ3n) is 2.31. The number of carbonyl (C=O) groups excluding carboxylic acids is 1. The van der Waals surface area contributed by atoms with E-state index in [1.54, 1.807) is 0 Å². The maximum absolute atomic E-state index is 12.4. The van der Waals surface area contributed by atoms with Gasteiger partial charge in [0.05, 0.1) is 0 Å². The Morgan fingerprint density at radius 2 is 1.33 bits per heavy atom. The normalized spacial score (nSPS) is 12.9. The van der Waals surface area contributed by atoms with Crippen LogP contribution in [0.2, 0.25) is 0 Å². The van der Waals surface area contributed by atoms with Crippen molar-refractivity contribution in [2.45, 2.75) is 25.2 Å². The Kier molecular flexibility index (Phi) is 3.73. The number of benzene rings is 1. The second-order valence-electron chi connectivity index (χ2n) is 3.69. The quantitative estimate of drug-likeness (QED) is 0.584. The largest absolute Gasteiger partial charge is 0.404 e. The van der Waals surface area contributed by atoms with Gasteiger partial charge in [-0.2, -0.15) is 26.3 Å². The molecule has 7 heteroatoms. The lowest BCUT2D eigenvalue weighted by Gasteiger charge is -2.23. The van der Waals surface area contributed by atoms with E-state index in [9.17, 15) is 31.1 Å². The van der Waals surface area contributed by atoms with Gasteiger partial charge in [0, 0.05) is 5.56 Å². The predicted molar refractivity (Wildman–Crippen MR) is 51.3 cm³/mol. The van der Waals surface area contributed by atoms with Crippen molar-refractivity contribution in [1.82, 2.24) is 0 Å². The van der Waals surface area contributed by atoms with Crippen LogP contribution in [0.5, 0.6) is 0 Å². The van der Waals surface area contributed by atoms with Crippen molar-refractivity contribution < 1.29 is 31.1 Å². The van der Waals surface area contributed by atoms with Crippen LogP contribution < -0.4 is 0 Å². The van der Waals surface area contributed by atoms with Gasteiger partial charge < -0.3 is 0 Å². The summed E-state index contributed by atoms with van der Waals surface area (Å²) in [5.74, 6) is -3.97. The minimum atomic E-state index is -5.42. The molecule has 0 saturated carbocycles. The second-order valence-corrected chi connectivity index (χ2v) is 3.69. The molecule has 18 heavy (non-hydrogen) atoms. The Labute approximate surface area is 98.4 Å². The fraction of sp³-hybridized carbons (Fsp3) is 0.364. The molecular weight excluding hydrogens is 262 g/mol. The van der Waals surface area contributed by atoms with Gasteiger partial charge in [-0.1, -0.05) is 24.3 Å². The summed E-state index contributed by atoms with van der Waals surface area (Å²) in [7, 11) is 0. The maximum Gasteiger partial charge on any atom is 0.404 e. The van der Waals surface area contributed by atoms with Crippen molar-refractivity contribution >= 4 is 5.78 Å². The summed E-state index contributed by atoms with van der Waals surface area (Å²) in [5, 5.41) is 0. The molecule has 0 aromatic heterocycles. The lowest BCUT2D eigenvalue weighted by atomic mass is 9.96. The van der Waals surface area contributed by atoms with Gasteiger partial charge in [0.15, 0.2) is 11.7 Å². The zero-order chi connectivity index (χ0) is 14.1. The van der Waals surface area contributed by atoms with Crippen molar-refractivity contribution in [3.8, 4) is 0 Å². The smallest absolute Gasteiger partial charge is 0.295 e. The Hall–Kier alpha value is -1.53. The van der Waals surface area contributed by atoms with Crippen LogP contribution in [0.25, 0.3) is 0 Å². The summed E-state index contributed by atoms with van der Waals surface area (Å²) in [4.78, 5) is 10.9. The monoisotopic (exact) mass is 270 g/mol. The molecular formula is C11H8F6O. The summed E-state index contributed by atoms with van der Waals surface area (Å²) >= 11 is 0. The number of rotatable bonds is 2. The average Bonchev–Trinajstić information content (AvgIpc) is 2.13. The van der Waals surface area contributed by atoms with E-state index in [0.29, 0.717) is 12.1 Å². The number of alkyl halides is 6. The summed E-state index contributed by atoms with van der Waals surface area (Å²) in [5.41, 5.74) is -0.873. The molecule has 0 atom stereocenters. The van der Waals surface area contributed by atoms with Gasteiger partial charge in [0.1, 0.15) is 0 Å². The maximum atomic E-state index is 12.4. The van der Waals surface area contributed by atoms with Gasteiger partial charge in [-0.25, -0.2) is 0 Å². The number of hydrogen-bond donors (Lipinski definition) is 0. The Morgan fingerprint density at radius 3 is 1.61 bits per heavy atom. The van der Waals surface area contributed by atoms with Crippen LogP contribution in [0.15, 0.2) is 24.3 Å². The summed E-state index contributed by atoms with van der Waals surface area (Å²) in [6.07, 6.45) is -10.8. The van der Waals surface area contributed by atoms with Crippen molar-refractivity contribution in [2.75, 3.05) is 0 Å². The van der Waals surface area contributed by atoms with Crippen LogP contribution in [0, 0.1) is 0 Å². The average molecular weight is 270 g/mol. The van der Waals surface area contributed by atoms with E-state index in [1.807, 2.05) is 0 Å². The molecule has 1 nitrogen and oxygen atoms in total. The van der Waals surface area contributed by atoms with E-state index in [-0.39, 0.29) is 5.56 Å². The van der Waals surface area contributed by atoms with Crippen molar-refractivity contribution in [3.05, 3.63) is 35.4 Å². The van der Waals surface area contributed by atoms with Gasteiger partial charge >= 0.3 is 12.4 Å². The van der Waals surface area contributed by atoms with E-state index in [2.05, 4.69) is 0 Å². The molecule has 0 heterocycles. The van der Waals surface area contributed by atoms with E-state index >= 15 is 0 Å². The first-order valence-electron chi connectivity index (χ1n) is 4.78. The Balaban J connectivity index is 3.20. The highest BCUT2D eigenvalue weighted by Gasteiger charge is 2.57. The highest BCUT2D eigenvalue weighted by atomic mass is 19.4. The molecule has 0 unspecified atom stereocenters. The highest BCUT2D eigenvalue weighted by Crippen LogP contribution is 2.46. The molecule has 1 aromatic carbocycles. The molecule has 100 valence electrons. The fourth-order valence-corrected chi connectivity index (χ4v) is 1.47. The molecule has 0 aliphatic heterocycles. The molecule has 0 bridgehead atoms. The first kappa shape index (κ1) is 14.5. The molecule has 1 aromatic rings. The van der Waals surface area contributed by atoms with E-state index < -0.39 is 29.6 Å². The summed E-state index contributed by atoms with van der Waals surface area (Å²) in [6, 6.07) is 3.23. The van der Waals surface area contributed by atoms with Crippen LogP contribution in [-0.2, 0) is 0 Å². The highest BCUT2D eigenvalue weighted by molar-refractivity contribution is 5.94. The van der Waals surface area contributed by atoms with Crippen molar-refractivity contribution in [2.24, 2.45) is 0 Å². The molecule has 0 amide bonds. The summed E-state index contributed by atoms with van der Waals surface area (Å²) in [6.45, 7) is 1.17. The molecule has 0 fully saturated rings. The number of halogens is 6. The first-order valence-corrected chi connectivity index (χ1v) is 4.78. The lowest BCUT2D eigenvalue weighted by Crippen LogP contribution is -2.34. The molecule has 0 N–H and O–H groups in total. The molecule has 0 spiro atoms. The predicted octanol–water partition coefficient (Wildman–Crippen LogP) is 4.10. The molecule has 0 radical (unpaired) electrons. The number of ketones is 1. The zero-order valence-corrected chi connectivity index (χ0v) is 9.06. The third-order valence-corrected chi connectivity index (χ3v) is 2.31. The van der Waals surface area contributed by atoms with Crippen molar-refractivity contribution in [3.63, 3.8) is 0 Å². The van der Waals surface area contributed by atoms with Crippen LogP contribution in [0.4, 0.5) is 26.3 Å². The third kappa shape index (κ3) is 3.24. The SMILES string of the molecule is CC(=O)c1ccc(C(C(F)(F)F)C(F)(F)F)cc1.